The third kappa shape index (κ3) is 3.35. The lowest BCUT2D eigenvalue weighted by molar-refractivity contribution is -0.138. The van der Waals surface area contributed by atoms with E-state index in [1.54, 1.807) is 13.8 Å². The van der Waals surface area contributed by atoms with Crippen LogP contribution < -0.4 is 5.69 Å². The molecule has 11 heteroatoms. The van der Waals surface area contributed by atoms with E-state index in [-0.39, 0.29) is 10.2 Å². The molecular weight excluding hydrogens is 395 g/mol. The largest absolute Gasteiger partial charge is 0.417 e. The third-order valence-electron chi connectivity index (χ3n) is 3.30. The molecule has 0 radical (unpaired) electrons. The van der Waals surface area contributed by atoms with Gasteiger partial charge in [0.25, 0.3) is 0 Å². The molecule has 1 heterocycles. The first-order valence-corrected chi connectivity index (χ1v) is 7.71. The standard InChI is InChI=1S/C13H13BrF3N5O2/c1-3-20(4-2)11(23)22-12(24)21(18-19-22)8-5-6-9(10(14)7-8)13(15,16)17/h5-7H,3-4H2,1-2H3. The maximum atomic E-state index is 12.8. The number of alkyl halides is 3. The van der Waals surface area contributed by atoms with Crippen LogP contribution in [0.3, 0.4) is 0 Å². The number of benzene rings is 1. The van der Waals surface area contributed by atoms with E-state index in [4.69, 9.17) is 0 Å². The van der Waals surface area contributed by atoms with E-state index >= 15 is 0 Å². The first kappa shape index (κ1) is 18.2. The molecule has 0 spiro atoms. The summed E-state index contributed by atoms with van der Waals surface area (Å²) in [5.41, 5.74) is -1.69. The van der Waals surface area contributed by atoms with Gasteiger partial charge in [-0.15, -0.1) is 4.68 Å². The zero-order valence-electron chi connectivity index (χ0n) is 12.7. The van der Waals surface area contributed by atoms with Crippen LogP contribution >= 0.6 is 15.9 Å². The monoisotopic (exact) mass is 407 g/mol. The number of hydrogen-bond acceptors (Lipinski definition) is 4. The van der Waals surface area contributed by atoms with Crippen LogP contribution in [-0.4, -0.2) is 43.8 Å². The Morgan fingerprint density at radius 3 is 2.38 bits per heavy atom. The van der Waals surface area contributed by atoms with Crippen molar-refractivity contribution in [2.45, 2.75) is 20.0 Å². The van der Waals surface area contributed by atoms with Gasteiger partial charge in [0, 0.05) is 17.6 Å². The highest BCUT2D eigenvalue weighted by Gasteiger charge is 2.33. The highest BCUT2D eigenvalue weighted by molar-refractivity contribution is 9.10. The number of amides is 1. The molecule has 0 unspecified atom stereocenters. The summed E-state index contributed by atoms with van der Waals surface area (Å²) in [7, 11) is 0. The number of aromatic nitrogens is 4. The van der Waals surface area contributed by atoms with Gasteiger partial charge < -0.3 is 4.90 Å². The summed E-state index contributed by atoms with van der Waals surface area (Å²) in [5, 5.41) is 7.06. The fourth-order valence-corrected chi connectivity index (χ4v) is 2.61. The zero-order valence-corrected chi connectivity index (χ0v) is 14.3. The van der Waals surface area contributed by atoms with E-state index < -0.39 is 23.5 Å². The minimum absolute atomic E-state index is 0.0541. The first-order valence-electron chi connectivity index (χ1n) is 6.92. The molecule has 0 fully saturated rings. The molecule has 7 nitrogen and oxygen atoms in total. The molecule has 0 aliphatic rings. The van der Waals surface area contributed by atoms with E-state index in [0.29, 0.717) is 17.8 Å². The second kappa shape index (κ2) is 6.75. The molecule has 130 valence electrons. The summed E-state index contributed by atoms with van der Waals surface area (Å²) in [4.78, 5) is 25.8. The quantitative estimate of drug-likeness (QED) is 0.732. The predicted molar refractivity (Wildman–Crippen MR) is 82.0 cm³/mol. The van der Waals surface area contributed by atoms with Crippen LogP contribution in [0, 0.1) is 0 Å². The van der Waals surface area contributed by atoms with Crippen LogP contribution in [-0.2, 0) is 6.18 Å². The van der Waals surface area contributed by atoms with E-state index in [9.17, 15) is 22.8 Å². The summed E-state index contributed by atoms with van der Waals surface area (Å²) in [6, 6.07) is 2.33. The van der Waals surface area contributed by atoms with E-state index in [2.05, 4.69) is 26.4 Å². The lowest BCUT2D eigenvalue weighted by atomic mass is 10.2. The Balaban J connectivity index is 2.44. The lowest BCUT2D eigenvalue weighted by Gasteiger charge is -2.16. The van der Waals surface area contributed by atoms with Gasteiger partial charge in [0.2, 0.25) is 0 Å². The van der Waals surface area contributed by atoms with Crippen molar-refractivity contribution in [3.05, 3.63) is 38.7 Å². The molecule has 24 heavy (non-hydrogen) atoms. The second-order valence-electron chi connectivity index (χ2n) is 4.70. The topological polar surface area (TPSA) is 73.0 Å². The van der Waals surface area contributed by atoms with Crippen molar-refractivity contribution in [1.82, 2.24) is 24.7 Å². The van der Waals surface area contributed by atoms with Crippen LogP contribution in [0.4, 0.5) is 18.0 Å². The molecular formula is C13H13BrF3N5O2. The second-order valence-corrected chi connectivity index (χ2v) is 5.56. The maximum Gasteiger partial charge on any atom is 0.417 e. The molecule has 1 amide bonds. The molecule has 1 aromatic carbocycles. The lowest BCUT2D eigenvalue weighted by Crippen LogP contribution is -2.40. The maximum absolute atomic E-state index is 12.8. The summed E-state index contributed by atoms with van der Waals surface area (Å²) in [6.07, 6.45) is -4.53. The van der Waals surface area contributed by atoms with Crippen LogP contribution in [0.25, 0.3) is 5.69 Å². The van der Waals surface area contributed by atoms with Gasteiger partial charge in [-0.05, 0) is 42.5 Å². The molecule has 1 aromatic heterocycles. The summed E-state index contributed by atoms with van der Waals surface area (Å²) in [6.45, 7) is 4.23. The van der Waals surface area contributed by atoms with Crippen LogP contribution in [0.15, 0.2) is 27.5 Å². The zero-order chi connectivity index (χ0) is 18.1. The molecule has 0 atom stereocenters. The summed E-state index contributed by atoms with van der Waals surface area (Å²) < 4.78 is 39.4. The average Bonchev–Trinajstić information content (AvgIpc) is 2.88. The van der Waals surface area contributed by atoms with Gasteiger partial charge in [0.1, 0.15) is 0 Å². The predicted octanol–water partition coefficient (Wildman–Crippen LogP) is 2.52. The molecule has 0 aliphatic heterocycles. The smallest absolute Gasteiger partial charge is 0.323 e. The Morgan fingerprint density at radius 1 is 1.25 bits per heavy atom. The van der Waals surface area contributed by atoms with Gasteiger partial charge in [0.05, 0.1) is 11.3 Å². The number of halogens is 4. The summed E-state index contributed by atoms with van der Waals surface area (Å²) >= 11 is 2.82. The average molecular weight is 408 g/mol. The molecule has 0 saturated carbocycles. The van der Waals surface area contributed by atoms with Crippen LogP contribution in [0.5, 0.6) is 0 Å². The SMILES string of the molecule is CCN(CC)C(=O)n1nnn(-c2ccc(C(F)(F)F)c(Br)c2)c1=O. The van der Waals surface area contributed by atoms with E-state index in [0.717, 1.165) is 22.9 Å². The number of carbonyl (C=O) groups is 1. The van der Waals surface area contributed by atoms with Crippen molar-refractivity contribution in [2.75, 3.05) is 13.1 Å². The number of carbonyl (C=O) groups excluding carboxylic acids is 1. The fourth-order valence-electron chi connectivity index (χ4n) is 2.02. The number of nitrogens with zero attached hydrogens (tertiary/aromatic N) is 5. The highest BCUT2D eigenvalue weighted by atomic mass is 79.9. The molecule has 0 aliphatic carbocycles. The molecule has 0 N–H and O–H groups in total. The molecule has 2 aromatic rings. The Morgan fingerprint density at radius 2 is 1.88 bits per heavy atom. The minimum Gasteiger partial charge on any atom is -0.323 e. The Kier molecular flexibility index (Phi) is 5.11. The molecule has 0 bridgehead atoms. The molecule has 0 saturated heterocycles. The van der Waals surface area contributed by atoms with Crippen molar-refractivity contribution in [2.24, 2.45) is 0 Å². The highest BCUT2D eigenvalue weighted by Crippen LogP contribution is 2.35. The Labute approximate surface area is 142 Å². The number of rotatable bonds is 3. The minimum atomic E-state index is -4.53. The van der Waals surface area contributed by atoms with Gasteiger partial charge in [0.15, 0.2) is 0 Å². The van der Waals surface area contributed by atoms with Gasteiger partial charge in [-0.25, -0.2) is 9.59 Å². The summed E-state index contributed by atoms with van der Waals surface area (Å²) in [5.74, 6) is 0. The number of tetrazole rings is 1. The van der Waals surface area contributed by atoms with Crippen molar-refractivity contribution in [3.8, 4) is 5.69 Å². The van der Waals surface area contributed by atoms with Crippen molar-refractivity contribution in [1.29, 1.82) is 0 Å². The van der Waals surface area contributed by atoms with Crippen molar-refractivity contribution < 1.29 is 18.0 Å². The van der Waals surface area contributed by atoms with Gasteiger partial charge in [-0.3, -0.25) is 0 Å². The first-order chi connectivity index (χ1) is 11.2. The van der Waals surface area contributed by atoms with Crippen LogP contribution in [0.1, 0.15) is 19.4 Å². The van der Waals surface area contributed by atoms with Gasteiger partial charge in [-0.2, -0.15) is 17.9 Å². The van der Waals surface area contributed by atoms with Crippen molar-refractivity contribution in [3.63, 3.8) is 0 Å². The van der Waals surface area contributed by atoms with Gasteiger partial charge >= 0.3 is 17.9 Å². The normalized spacial score (nSPS) is 11.6. The van der Waals surface area contributed by atoms with Gasteiger partial charge in [-0.1, -0.05) is 15.9 Å². The Bertz CT molecular complexity index is 811. The fraction of sp³-hybridized carbons (Fsp3) is 0.385. The molecule has 2 rings (SSSR count). The van der Waals surface area contributed by atoms with Crippen molar-refractivity contribution >= 4 is 22.0 Å². The van der Waals surface area contributed by atoms with E-state index in [1.165, 1.54) is 4.90 Å². The van der Waals surface area contributed by atoms with E-state index in [1.807, 2.05) is 0 Å². The Hall–Kier alpha value is -2.17. The number of hydrogen-bond donors (Lipinski definition) is 0. The third-order valence-corrected chi connectivity index (χ3v) is 3.96. The van der Waals surface area contributed by atoms with Crippen LogP contribution in [0.2, 0.25) is 0 Å².